The van der Waals surface area contributed by atoms with Gasteiger partial charge in [-0.3, -0.25) is 4.79 Å². The fraction of sp³-hybridized carbons (Fsp3) is 0.857. The van der Waals surface area contributed by atoms with Crippen molar-refractivity contribution in [1.82, 2.24) is 5.32 Å². The SMILES string of the molecule is CC(C)C(=O)NCC(F)(F)CN. The summed E-state index contributed by atoms with van der Waals surface area (Å²) in [5.41, 5.74) is 4.77. The van der Waals surface area contributed by atoms with Crippen molar-refractivity contribution in [2.45, 2.75) is 19.8 Å². The van der Waals surface area contributed by atoms with Crippen LogP contribution in [0.25, 0.3) is 0 Å². The number of hydrogen-bond donors (Lipinski definition) is 2. The van der Waals surface area contributed by atoms with Gasteiger partial charge in [0, 0.05) is 5.92 Å². The predicted octanol–water partition coefficient (Wildman–Crippen LogP) is 0.353. The first-order valence-electron chi connectivity index (χ1n) is 3.74. The molecule has 0 radical (unpaired) electrons. The molecule has 0 rings (SSSR count). The Kier molecular flexibility index (Phi) is 4.09. The van der Waals surface area contributed by atoms with Gasteiger partial charge in [-0.2, -0.15) is 0 Å². The Morgan fingerprint density at radius 1 is 1.58 bits per heavy atom. The molecule has 0 saturated carbocycles. The molecule has 0 aliphatic rings. The van der Waals surface area contributed by atoms with E-state index in [4.69, 9.17) is 5.73 Å². The van der Waals surface area contributed by atoms with Crippen molar-refractivity contribution in [2.75, 3.05) is 13.1 Å². The van der Waals surface area contributed by atoms with E-state index >= 15 is 0 Å². The van der Waals surface area contributed by atoms with Gasteiger partial charge in [-0.25, -0.2) is 8.78 Å². The molecule has 0 atom stereocenters. The second kappa shape index (κ2) is 4.35. The molecule has 0 saturated heterocycles. The minimum Gasteiger partial charge on any atom is -0.350 e. The van der Waals surface area contributed by atoms with Gasteiger partial charge in [-0.15, -0.1) is 0 Å². The number of hydrogen-bond acceptors (Lipinski definition) is 2. The van der Waals surface area contributed by atoms with Gasteiger partial charge in [-0.1, -0.05) is 13.8 Å². The van der Waals surface area contributed by atoms with Crippen LogP contribution in [0.3, 0.4) is 0 Å². The highest BCUT2D eigenvalue weighted by molar-refractivity contribution is 5.77. The Hall–Kier alpha value is -0.710. The van der Waals surface area contributed by atoms with E-state index in [1.54, 1.807) is 13.8 Å². The van der Waals surface area contributed by atoms with Crippen molar-refractivity contribution < 1.29 is 13.6 Å². The van der Waals surface area contributed by atoms with Gasteiger partial charge in [0.1, 0.15) is 0 Å². The number of nitrogens with one attached hydrogen (secondary N) is 1. The molecule has 3 nitrogen and oxygen atoms in total. The Labute approximate surface area is 70.3 Å². The first kappa shape index (κ1) is 11.3. The normalized spacial score (nSPS) is 11.8. The number of amides is 1. The van der Waals surface area contributed by atoms with Crippen LogP contribution in [0.4, 0.5) is 8.78 Å². The molecule has 0 bridgehead atoms. The van der Waals surface area contributed by atoms with Gasteiger partial charge < -0.3 is 11.1 Å². The molecule has 0 aliphatic carbocycles. The molecule has 0 heterocycles. The van der Waals surface area contributed by atoms with Crippen LogP contribution < -0.4 is 11.1 Å². The number of carbonyl (C=O) groups excluding carboxylic acids is 1. The minimum atomic E-state index is -3.00. The lowest BCUT2D eigenvalue weighted by Crippen LogP contribution is -2.42. The molecule has 0 aromatic heterocycles. The zero-order valence-electron chi connectivity index (χ0n) is 7.23. The first-order chi connectivity index (χ1) is 5.39. The number of halogens is 2. The van der Waals surface area contributed by atoms with Gasteiger partial charge in [-0.05, 0) is 0 Å². The van der Waals surface area contributed by atoms with E-state index in [1.165, 1.54) is 0 Å². The highest BCUT2D eigenvalue weighted by Crippen LogP contribution is 2.08. The number of nitrogens with two attached hydrogens (primary N) is 1. The average Bonchev–Trinajstić information content (AvgIpc) is 2.00. The smallest absolute Gasteiger partial charge is 0.277 e. The highest BCUT2D eigenvalue weighted by atomic mass is 19.3. The molecule has 0 aromatic carbocycles. The lowest BCUT2D eigenvalue weighted by Gasteiger charge is -2.15. The van der Waals surface area contributed by atoms with Gasteiger partial charge in [0.05, 0.1) is 13.1 Å². The summed E-state index contributed by atoms with van der Waals surface area (Å²) in [4.78, 5) is 10.8. The van der Waals surface area contributed by atoms with Crippen LogP contribution in [0, 0.1) is 5.92 Å². The van der Waals surface area contributed by atoms with Crippen molar-refractivity contribution in [3.63, 3.8) is 0 Å². The van der Waals surface area contributed by atoms with Crippen LogP contribution in [-0.4, -0.2) is 24.9 Å². The predicted molar refractivity (Wildman–Crippen MR) is 41.8 cm³/mol. The van der Waals surface area contributed by atoms with Gasteiger partial charge in [0.25, 0.3) is 5.92 Å². The zero-order valence-corrected chi connectivity index (χ0v) is 7.23. The quantitative estimate of drug-likeness (QED) is 0.656. The molecular formula is C7H14F2N2O. The molecule has 0 spiro atoms. The topological polar surface area (TPSA) is 55.1 Å². The fourth-order valence-corrected chi connectivity index (χ4v) is 0.493. The summed E-state index contributed by atoms with van der Waals surface area (Å²) in [5.74, 6) is -3.66. The highest BCUT2D eigenvalue weighted by Gasteiger charge is 2.27. The molecule has 3 N–H and O–H groups in total. The largest absolute Gasteiger partial charge is 0.350 e. The van der Waals surface area contributed by atoms with E-state index in [-0.39, 0.29) is 11.8 Å². The maximum Gasteiger partial charge on any atom is 0.277 e. The Morgan fingerprint density at radius 2 is 2.08 bits per heavy atom. The maximum absolute atomic E-state index is 12.4. The van der Waals surface area contributed by atoms with Crippen molar-refractivity contribution in [3.8, 4) is 0 Å². The molecule has 1 amide bonds. The third-order valence-corrected chi connectivity index (χ3v) is 1.34. The van der Waals surface area contributed by atoms with E-state index in [1.807, 2.05) is 0 Å². The number of carbonyl (C=O) groups is 1. The molecule has 72 valence electrons. The minimum absolute atomic E-state index is 0.279. The maximum atomic E-state index is 12.4. The molecule has 0 unspecified atom stereocenters. The summed E-state index contributed by atoms with van der Waals surface area (Å²) in [6.07, 6.45) is 0. The van der Waals surface area contributed by atoms with Crippen LogP contribution in [0.2, 0.25) is 0 Å². The molecule has 0 aliphatic heterocycles. The van der Waals surface area contributed by atoms with Crippen LogP contribution in [0.1, 0.15) is 13.8 Å². The summed E-state index contributed by atoms with van der Waals surface area (Å²) in [5, 5.41) is 2.10. The van der Waals surface area contributed by atoms with Crippen LogP contribution >= 0.6 is 0 Å². The lowest BCUT2D eigenvalue weighted by atomic mass is 10.2. The van der Waals surface area contributed by atoms with Gasteiger partial charge >= 0.3 is 0 Å². The van der Waals surface area contributed by atoms with Crippen molar-refractivity contribution >= 4 is 5.91 Å². The third kappa shape index (κ3) is 4.23. The summed E-state index contributed by atoms with van der Waals surface area (Å²) in [7, 11) is 0. The Morgan fingerprint density at radius 3 is 2.42 bits per heavy atom. The molecule has 5 heteroatoms. The molecular weight excluding hydrogens is 166 g/mol. The summed E-state index contributed by atoms with van der Waals surface area (Å²) in [6.45, 7) is 1.84. The summed E-state index contributed by atoms with van der Waals surface area (Å²) in [6, 6.07) is 0. The fourth-order valence-electron chi connectivity index (χ4n) is 0.493. The second-order valence-corrected chi connectivity index (χ2v) is 2.93. The molecule has 0 fully saturated rings. The van der Waals surface area contributed by atoms with E-state index in [9.17, 15) is 13.6 Å². The molecule has 0 aromatic rings. The standard InChI is InChI=1S/C7H14F2N2O/c1-5(2)6(12)11-4-7(8,9)3-10/h5H,3-4,10H2,1-2H3,(H,11,12). The Balaban J connectivity index is 3.76. The Bertz CT molecular complexity index is 159. The van der Waals surface area contributed by atoms with Crippen molar-refractivity contribution in [3.05, 3.63) is 0 Å². The van der Waals surface area contributed by atoms with E-state index in [2.05, 4.69) is 5.32 Å². The number of rotatable bonds is 4. The van der Waals surface area contributed by atoms with Crippen LogP contribution in [0.5, 0.6) is 0 Å². The van der Waals surface area contributed by atoms with Gasteiger partial charge in [0.15, 0.2) is 0 Å². The molecule has 12 heavy (non-hydrogen) atoms. The first-order valence-corrected chi connectivity index (χ1v) is 3.74. The van der Waals surface area contributed by atoms with Crippen molar-refractivity contribution in [1.29, 1.82) is 0 Å². The summed E-state index contributed by atoms with van der Waals surface area (Å²) >= 11 is 0. The van der Waals surface area contributed by atoms with Crippen molar-refractivity contribution in [2.24, 2.45) is 11.7 Å². The van der Waals surface area contributed by atoms with E-state index in [0.29, 0.717) is 0 Å². The zero-order chi connectivity index (χ0) is 9.78. The monoisotopic (exact) mass is 180 g/mol. The lowest BCUT2D eigenvalue weighted by molar-refractivity contribution is -0.125. The number of alkyl halides is 2. The average molecular weight is 180 g/mol. The van der Waals surface area contributed by atoms with Gasteiger partial charge in [0.2, 0.25) is 5.91 Å². The second-order valence-electron chi connectivity index (χ2n) is 2.93. The summed E-state index contributed by atoms with van der Waals surface area (Å²) < 4.78 is 24.9. The van der Waals surface area contributed by atoms with E-state index in [0.717, 1.165) is 0 Å². The van der Waals surface area contributed by atoms with Crippen LogP contribution in [-0.2, 0) is 4.79 Å². The third-order valence-electron chi connectivity index (χ3n) is 1.34. The van der Waals surface area contributed by atoms with E-state index < -0.39 is 19.0 Å². The van der Waals surface area contributed by atoms with Crippen LogP contribution in [0.15, 0.2) is 0 Å².